The Morgan fingerprint density at radius 1 is 1.44 bits per heavy atom. The van der Waals surface area contributed by atoms with Crippen LogP contribution in [-0.4, -0.2) is 33.6 Å². The average molecular weight is 221 g/mol. The highest BCUT2D eigenvalue weighted by Gasteiger charge is 2.30. The maximum absolute atomic E-state index is 12.0. The largest absolute Gasteiger partial charge is 0.329 e. The van der Waals surface area contributed by atoms with Crippen molar-refractivity contribution in [2.75, 3.05) is 13.1 Å². The lowest BCUT2D eigenvalue weighted by Crippen LogP contribution is -2.43. The minimum Gasteiger partial charge on any atom is -0.324 e. The molecule has 0 radical (unpaired) electrons. The first-order chi connectivity index (χ1) is 7.64. The number of carbonyl (C=O) groups excluding carboxylic acids is 1. The van der Waals surface area contributed by atoms with Crippen LogP contribution in [0, 0.1) is 5.41 Å². The van der Waals surface area contributed by atoms with Crippen molar-refractivity contribution < 1.29 is 4.79 Å². The summed E-state index contributed by atoms with van der Waals surface area (Å²) < 4.78 is 1.55. The Morgan fingerprint density at radius 2 is 2.12 bits per heavy atom. The van der Waals surface area contributed by atoms with Crippen molar-refractivity contribution in [3.05, 3.63) is 18.7 Å². The summed E-state index contributed by atoms with van der Waals surface area (Å²) in [6.45, 7) is 6.27. The van der Waals surface area contributed by atoms with Crippen LogP contribution in [0.15, 0.2) is 18.7 Å². The Kier molecular flexibility index (Phi) is 2.99. The summed E-state index contributed by atoms with van der Waals surface area (Å²) in [6.07, 6.45) is 8.30. The highest BCUT2D eigenvalue weighted by molar-refractivity contribution is 5.76. The van der Waals surface area contributed by atoms with E-state index in [1.54, 1.807) is 23.3 Å². The molecule has 1 saturated heterocycles. The van der Waals surface area contributed by atoms with Gasteiger partial charge in [0, 0.05) is 25.5 Å². The van der Waals surface area contributed by atoms with E-state index >= 15 is 0 Å². The van der Waals surface area contributed by atoms with E-state index < -0.39 is 0 Å². The van der Waals surface area contributed by atoms with Crippen molar-refractivity contribution in [3.8, 4) is 0 Å². The molecule has 0 aromatic carbocycles. The van der Waals surface area contributed by atoms with Gasteiger partial charge in [0.1, 0.15) is 6.33 Å². The molecule has 0 atom stereocenters. The smallest absolute Gasteiger partial charge is 0.324 e. The minimum absolute atomic E-state index is 0.0515. The van der Waals surface area contributed by atoms with Crippen molar-refractivity contribution in [2.24, 2.45) is 5.41 Å². The van der Waals surface area contributed by atoms with Gasteiger partial charge >= 0.3 is 6.03 Å². The number of hydrogen-bond acceptors (Lipinski definition) is 2. The Labute approximate surface area is 96.3 Å². The molecule has 0 bridgehead atoms. The summed E-state index contributed by atoms with van der Waals surface area (Å²) in [5.74, 6) is 0. The molecule has 0 unspecified atom stereocenters. The molecule has 0 N–H and O–H groups in total. The second-order valence-electron chi connectivity index (χ2n) is 4.90. The van der Waals surface area contributed by atoms with Crippen molar-refractivity contribution in [3.63, 3.8) is 0 Å². The molecule has 88 valence electrons. The first-order valence-electron chi connectivity index (χ1n) is 5.92. The van der Waals surface area contributed by atoms with Crippen LogP contribution in [0.25, 0.3) is 0 Å². The number of nitrogens with zero attached hydrogens (tertiary/aromatic N) is 3. The lowest BCUT2D eigenvalue weighted by atomic mass is 9.78. The molecule has 1 aromatic heterocycles. The van der Waals surface area contributed by atoms with Gasteiger partial charge in [-0.2, -0.15) is 0 Å². The number of carbonyl (C=O) groups is 1. The molecule has 0 saturated carbocycles. The molecule has 1 fully saturated rings. The maximum atomic E-state index is 12.0. The number of imidazole rings is 1. The number of piperidine rings is 1. The molecule has 1 amide bonds. The lowest BCUT2D eigenvalue weighted by molar-refractivity contribution is 0.127. The van der Waals surface area contributed by atoms with Crippen molar-refractivity contribution in [1.29, 1.82) is 0 Å². The molecule has 16 heavy (non-hydrogen) atoms. The van der Waals surface area contributed by atoms with E-state index in [9.17, 15) is 4.79 Å². The number of hydrogen-bond donors (Lipinski definition) is 0. The predicted octanol–water partition coefficient (Wildman–Crippen LogP) is 2.36. The van der Waals surface area contributed by atoms with Gasteiger partial charge in [-0.25, -0.2) is 9.78 Å². The van der Waals surface area contributed by atoms with Gasteiger partial charge in [-0.15, -0.1) is 0 Å². The van der Waals surface area contributed by atoms with E-state index in [4.69, 9.17) is 0 Å². The summed E-state index contributed by atoms with van der Waals surface area (Å²) in [6, 6.07) is 0.0515. The van der Waals surface area contributed by atoms with Crippen LogP contribution in [0.1, 0.15) is 33.1 Å². The van der Waals surface area contributed by atoms with E-state index in [1.165, 1.54) is 6.42 Å². The lowest BCUT2D eigenvalue weighted by Gasteiger charge is -2.38. The van der Waals surface area contributed by atoms with Gasteiger partial charge in [0.2, 0.25) is 0 Å². The third-order valence-corrected chi connectivity index (χ3v) is 3.82. The molecule has 0 aliphatic carbocycles. The molecular weight excluding hydrogens is 202 g/mol. The van der Waals surface area contributed by atoms with E-state index in [1.807, 2.05) is 4.90 Å². The Balaban J connectivity index is 1.97. The van der Waals surface area contributed by atoms with E-state index in [2.05, 4.69) is 18.8 Å². The monoisotopic (exact) mass is 221 g/mol. The number of amides is 1. The molecule has 1 aliphatic rings. The molecule has 2 heterocycles. The van der Waals surface area contributed by atoms with Crippen LogP contribution in [0.4, 0.5) is 4.79 Å². The van der Waals surface area contributed by atoms with Crippen LogP contribution < -0.4 is 0 Å². The van der Waals surface area contributed by atoms with E-state index in [-0.39, 0.29) is 6.03 Å². The second kappa shape index (κ2) is 4.28. The highest BCUT2D eigenvalue weighted by atomic mass is 16.2. The summed E-state index contributed by atoms with van der Waals surface area (Å²) in [7, 11) is 0. The first kappa shape index (κ1) is 11.2. The van der Waals surface area contributed by atoms with Crippen molar-refractivity contribution >= 4 is 6.03 Å². The predicted molar refractivity (Wildman–Crippen MR) is 62.2 cm³/mol. The van der Waals surface area contributed by atoms with Gasteiger partial charge < -0.3 is 4.90 Å². The Hall–Kier alpha value is -1.32. The second-order valence-corrected chi connectivity index (χ2v) is 4.90. The topological polar surface area (TPSA) is 38.1 Å². The van der Waals surface area contributed by atoms with Gasteiger partial charge in [0.15, 0.2) is 0 Å². The fraction of sp³-hybridized carbons (Fsp3) is 0.667. The minimum atomic E-state index is 0.0515. The third kappa shape index (κ3) is 2.10. The number of likely N-dealkylation sites (tertiary alicyclic amines) is 1. The zero-order chi connectivity index (χ0) is 11.6. The van der Waals surface area contributed by atoms with Gasteiger partial charge in [-0.05, 0) is 18.3 Å². The fourth-order valence-corrected chi connectivity index (χ4v) is 2.13. The van der Waals surface area contributed by atoms with Crippen LogP contribution in [-0.2, 0) is 0 Å². The third-order valence-electron chi connectivity index (χ3n) is 3.82. The zero-order valence-corrected chi connectivity index (χ0v) is 10.0. The zero-order valence-electron chi connectivity index (χ0n) is 10.0. The summed E-state index contributed by atoms with van der Waals surface area (Å²) in [5.41, 5.74) is 0.422. The summed E-state index contributed by atoms with van der Waals surface area (Å²) in [4.78, 5) is 17.8. The molecule has 4 nitrogen and oxygen atoms in total. The van der Waals surface area contributed by atoms with Gasteiger partial charge in [-0.1, -0.05) is 20.3 Å². The maximum Gasteiger partial charge on any atom is 0.329 e. The fourth-order valence-electron chi connectivity index (χ4n) is 2.13. The van der Waals surface area contributed by atoms with Crippen LogP contribution in [0.3, 0.4) is 0 Å². The molecule has 4 heteroatoms. The normalized spacial score (nSPS) is 19.8. The van der Waals surface area contributed by atoms with E-state index in [0.29, 0.717) is 5.41 Å². The van der Waals surface area contributed by atoms with Crippen molar-refractivity contribution in [2.45, 2.75) is 33.1 Å². The number of aromatic nitrogens is 2. The standard InChI is InChI=1S/C12H19N3O/c1-3-12(2)4-7-14(8-5-12)11(16)15-9-6-13-10-15/h6,9-10H,3-5,7-8H2,1-2H3. The first-order valence-corrected chi connectivity index (χ1v) is 5.92. The number of rotatable bonds is 1. The van der Waals surface area contributed by atoms with Crippen molar-refractivity contribution in [1.82, 2.24) is 14.5 Å². The highest BCUT2D eigenvalue weighted by Crippen LogP contribution is 2.33. The van der Waals surface area contributed by atoms with Crippen LogP contribution in [0.5, 0.6) is 0 Å². The van der Waals surface area contributed by atoms with Gasteiger partial charge in [0.25, 0.3) is 0 Å². The molecule has 0 spiro atoms. The molecular formula is C12H19N3O. The Bertz CT molecular complexity index is 350. The Morgan fingerprint density at radius 3 is 2.62 bits per heavy atom. The SMILES string of the molecule is CCC1(C)CCN(C(=O)n2ccnc2)CC1. The van der Waals surface area contributed by atoms with Crippen LogP contribution in [0.2, 0.25) is 0 Å². The molecule has 2 rings (SSSR count). The van der Waals surface area contributed by atoms with Crippen LogP contribution >= 0.6 is 0 Å². The molecule has 1 aliphatic heterocycles. The summed E-state index contributed by atoms with van der Waals surface area (Å²) >= 11 is 0. The molecule has 1 aromatic rings. The summed E-state index contributed by atoms with van der Waals surface area (Å²) in [5, 5.41) is 0. The van der Waals surface area contributed by atoms with Gasteiger partial charge in [-0.3, -0.25) is 4.57 Å². The quantitative estimate of drug-likeness (QED) is 0.730. The average Bonchev–Trinajstić information content (AvgIpc) is 2.83. The van der Waals surface area contributed by atoms with Gasteiger partial charge in [0.05, 0.1) is 0 Å². The van der Waals surface area contributed by atoms with E-state index in [0.717, 1.165) is 25.9 Å².